The van der Waals surface area contributed by atoms with E-state index in [1.54, 1.807) is 6.07 Å². The summed E-state index contributed by atoms with van der Waals surface area (Å²) in [6.07, 6.45) is 5.52. The molecule has 0 bridgehead atoms. The fourth-order valence-corrected chi connectivity index (χ4v) is 6.38. The van der Waals surface area contributed by atoms with Crippen molar-refractivity contribution in [3.63, 3.8) is 0 Å². The maximum atomic E-state index is 6.41. The summed E-state index contributed by atoms with van der Waals surface area (Å²) >= 11 is 12.5. The number of piperidine rings is 1. The van der Waals surface area contributed by atoms with Crippen LogP contribution in [0.4, 0.5) is 11.8 Å². The summed E-state index contributed by atoms with van der Waals surface area (Å²) in [6.45, 7) is 11.2. The van der Waals surface area contributed by atoms with Crippen LogP contribution in [0.3, 0.4) is 0 Å². The molecule has 1 N–H and O–H groups in total. The highest BCUT2D eigenvalue weighted by molar-refractivity contribution is 6.35. The lowest BCUT2D eigenvalue weighted by Gasteiger charge is -2.50. The third kappa shape index (κ3) is 5.11. The fraction of sp³-hybridized carbons (Fsp3) is 0.615. The van der Waals surface area contributed by atoms with Crippen LogP contribution in [0.1, 0.15) is 56.8 Å². The number of aryl methyl sites for hydroxylation is 1. The molecule has 3 aliphatic rings. The molecule has 0 radical (unpaired) electrons. The minimum atomic E-state index is 0.0171. The number of anilines is 2. The van der Waals surface area contributed by atoms with Crippen LogP contribution in [0.15, 0.2) is 24.3 Å². The number of aromatic nitrogens is 2. The van der Waals surface area contributed by atoms with Gasteiger partial charge in [0.05, 0.1) is 6.04 Å². The molecule has 5 nitrogen and oxygen atoms in total. The zero-order chi connectivity index (χ0) is 23.1. The summed E-state index contributed by atoms with van der Waals surface area (Å²) in [5.41, 5.74) is 1.98. The monoisotopic (exact) mass is 487 g/mol. The van der Waals surface area contributed by atoms with Gasteiger partial charge in [0.1, 0.15) is 5.82 Å². The van der Waals surface area contributed by atoms with E-state index in [-0.39, 0.29) is 6.04 Å². The Kier molecular flexibility index (Phi) is 6.74. The Morgan fingerprint density at radius 1 is 1.06 bits per heavy atom. The van der Waals surface area contributed by atoms with E-state index in [1.807, 2.05) is 25.1 Å². The van der Waals surface area contributed by atoms with Crippen LogP contribution in [0.25, 0.3) is 0 Å². The van der Waals surface area contributed by atoms with E-state index in [1.165, 1.54) is 38.8 Å². The molecule has 3 fully saturated rings. The number of likely N-dealkylation sites (tertiary alicyclic amines) is 1. The van der Waals surface area contributed by atoms with E-state index >= 15 is 0 Å². The number of rotatable bonds is 6. The fourth-order valence-electron chi connectivity index (χ4n) is 5.81. The second-order valence-corrected chi connectivity index (χ2v) is 11.4. The van der Waals surface area contributed by atoms with Crippen molar-refractivity contribution < 1.29 is 0 Å². The van der Waals surface area contributed by atoms with Crippen molar-refractivity contribution in [3.8, 4) is 0 Å². The van der Waals surface area contributed by atoms with Gasteiger partial charge < -0.3 is 15.1 Å². The first-order chi connectivity index (χ1) is 15.9. The highest BCUT2D eigenvalue weighted by atomic mass is 35.5. The van der Waals surface area contributed by atoms with Crippen LogP contribution < -0.4 is 10.2 Å². The predicted octanol–water partition coefficient (Wildman–Crippen LogP) is 6.21. The van der Waals surface area contributed by atoms with Gasteiger partial charge in [-0.05, 0) is 81.5 Å². The van der Waals surface area contributed by atoms with Crippen LogP contribution in [-0.4, -0.2) is 47.1 Å². The maximum absolute atomic E-state index is 6.41. The highest BCUT2D eigenvalue weighted by Crippen LogP contribution is 2.38. The SMILES string of the molecule is Cc1cc(N[C@H](C)c2ccc(Cl)cc2Cl)nc(N2CC([C@H]3CCCN(C4CC(C)C4)C3)C2)n1. The van der Waals surface area contributed by atoms with Crippen molar-refractivity contribution in [1.82, 2.24) is 14.9 Å². The third-order valence-corrected chi connectivity index (χ3v) is 8.41. The second-order valence-electron chi connectivity index (χ2n) is 10.5. The minimum Gasteiger partial charge on any atom is -0.363 e. The van der Waals surface area contributed by atoms with Crippen LogP contribution in [0.5, 0.6) is 0 Å². The molecule has 7 heteroatoms. The molecule has 2 aliphatic heterocycles. The van der Waals surface area contributed by atoms with Crippen LogP contribution in [0, 0.1) is 24.7 Å². The lowest BCUT2D eigenvalue weighted by molar-refractivity contribution is 0.0294. The molecule has 1 aliphatic carbocycles. The Morgan fingerprint density at radius 2 is 1.85 bits per heavy atom. The summed E-state index contributed by atoms with van der Waals surface area (Å²) in [5.74, 6) is 4.18. The van der Waals surface area contributed by atoms with Gasteiger partial charge >= 0.3 is 0 Å². The molecule has 0 unspecified atom stereocenters. The van der Waals surface area contributed by atoms with Crippen LogP contribution in [-0.2, 0) is 0 Å². The van der Waals surface area contributed by atoms with Crippen LogP contribution >= 0.6 is 23.2 Å². The summed E-state index contributed by atoms with van der Waals surface area (Å²) < 4.78 is 0. The molecular weight excluding hydrogens is 453 g/mol. The van der Waals surface area contributed by atoms with Gasteiger partial charge in [0.2, 0.25) is 5.95 Å². The quantitative estimate of drug-likeness (QED) is 0.524. The van der Waals surface area contributed by atoms with Crippen molar-refractivity contribution in [3.05, 3.63) is 45.6 Å². The summed E-state index contributed by atoms with van der Waals surface area (Å²) in [5, 5.41) is 4.81. The topological polar surface area (TPSA) is 44.3 Å². The van der Waals surface area contributed by atoms with E-state index in [0.717, 1.165) is 59.9 Å². The third-order valence-electron chi connectivity index (χ3n) is 7.85. The Balaban J connectivity index is 1.20. The van der Waals surface area contributed by atoms with Gasteiger partial charge in [0.25, 0.3) is 0 Å². The first kappa shape index (κ1) is 23.2. The van der Waals surface area contributed by atoms with Gasteiger partial charge in [-0.15, -0.1) is 0 Å². The van der Waals surface area contributed by atoms with Crippen LogP contribution in [0.2, 0.25) is 10.0 Å². The Bertz CT molecular complexity index is 987. The van der Waals surface area contributed by atoms with E-state index in [0.29, 0.717) is 10.0 Å². The lowest BCUT2D eigenvalue weighted by atomic mass is 9.76. The van der Waals surface area contributed by atoms with Gasteiger partial charge in [0.15, 0.2) is 0 Å². The highest BCUT2D eigenvalue weighted by Gasteiger charge is 2.40. The molecule has 33 heavy (non-hydrogen) atoms. The largest absolute Gasteiger partial charge is 0.363 e. The molecule has 0 amide bonds. The normalized spacial score (nSPS) is 27.1. The molecule has 3 heterocycles. The number of halogens is 2. The first-order valence-corrected chi connectivity index (χ1v) is 13.2. The van der Waals surface area contributed by atoms with E-state index in [4.69, 9.17) is 33.2 Å². The van der Waals surface area contributed by atoms with E-state index < -0.39 is 0 Å². The summed E-state index contributed by atoms with van der Waals surface area (Å²) in [7, 11) is 0. The summed E-state index contributed by atoms with van der Waals surface area (Å²) in [6, 6.07) is 8.49. The maximum Gasteiger partial charge on any atom is 0.227 e. The number of benzene rings is 1. The second kappa shape index (κ2) is 9.59. The summed E-state index contributed by atoms with van der Waals surface area (Å²) in [4.78, 5) is 14.7. The van der Waals surface area contributed by atoms with Crippen molar-refractivity contribution in [2.45, 2.75) is 58.5 Å². The molecule has 178 valence electrons. The molecule has 5 rings (SSSR count). The molecule has 1 saturated carbocycles. The molecule has 2 saturated heterocycles. The molecule has 1 aromatic carbocycles. The molecule has 2 atom stereocenters. The number of nitrogens with one attached hydrogen (secondary N) is 1. The zero-order valence-corrected chi connectivity index (χ0v) is 21.4. The Labute approximate surface area is 207 Å². The van der Waals surface area contributed by atoms with Gasteiger partial charge in [-0.1, -0.05) is 36.2 Å². The van der Waals surface area contributed by atoms with Crippen molar-refractivity contribution in [2.75, 3.05) is 36.4 Å². The number of nitrogens with zero attached hydrogens (tertiary/aromatic N) is 4. The Morgan fingerprint density at radius 3 is 2.58 bits per heavy atom. The predicted molar refractivity (Wildman–Crippen MR) is 137 cm³/mol. The number of hydrogen-bond acceptors (Lipinski definition) is 5. The van der Waals surface area contributed by atoms with Gasteiger partial charge in [-0.3, -0.25) is 0 Å². The van der Waals surface area contributed by atoms with E-state index in [2.05, 4.69) is 29.0 Å². The molecule has 1 aromatic heterocycles. The van der Waals surface area contributed by atoms with Gasteiger partial charge in [0, 0.05) is 47.5 Å². The Hall–Kier alpha value is -1.56. The lowest BCUT2D eigenvalue weighted by Crippen LogP contribution is -2.56. The van der Waals surface area contributed by atoms with Crippen molar-refractivity contribution >= 4 is 35.0 Å². The molecular formula is C26H35Cl2N5. The smallest absolute Gasteiger partial charge is 0.227 e. The zero-order valence-electron chi connectivity index (χ0n) is 19.9. The number of hydrogen-bond donors (Lipinski definition) is 1. The average Bonchev–Trinajstić information content (AvgIpc) is 2.70. The van der Waals surface area contributed by atoms with Crippen molar-refractivity contribution in [2.24, 2.45) is 17.8 Å². The van der Waals surface area contributed by atoms with Gasteiger partial charge in [-0.2, -0.15) is 4.98 Å². The first-order valence-electron chi connectivity index (χ1n) is 12.4. The average molecular weight is 489 g/mol. The standard InChI is InChI=1S/C26H35Cl2N5/c1-16-9-22(10-16)32-8-4-5-19(13-32)20-14-33(15-20)26-29-17(2)11-25(31-26)30-18(3)23-7-6-21(27)12-24(23)28/h6-7,11-12,16,18-20,22H,4-5,8-10,13-15H2,1-3H3,(H,29,30,31)/t16?,18-,19+,22?/m1/s1. The van der Waals surface area contributed by atoms with Gasteiger partial charge in [-0.25, -0.2) is 4.98 Å². The molecule has 0 spiro atoms. The molecule has 2 aromatic rings. The minimum absolute atomic E-state index is 0.0171. The van der Waals surface area contributed by atoms with E-state index in [9.17, 15) is 0 Å². The van der Waals surface area contributed by atoms with Crippen molar-refractivity contribution in [1.29, 1.82) is 0 Å².